The van der Waals surface area contributed by atoms with Crippen molar-refractivity contribution in [2.24, 2.45) is 0 Å². The number of carbonyl (C=O) groups excluding carboxylic acids is 2. The second kappa shape index (κ2) is 8.22. The maximum Gasteiger partial charge on any atom is 0.278 e. The van der Waals surface area contributed by atoms with Crippen LogP contribution in [0.25, 0.3) is 5.57 Å². The lowest BCUT2D eigenvalue weighted by atomic mass is 10.0. The Morgan fingerprint density at radius 1 is 0.800 bits per heavy atom. The van der Waals surface area contributed by atoms with Crippen molar-refractivity contribution in [3.8, 4) is 5.75 Å². The predicted molar refractivity (Wildman–Crippen MR) is 117 cm³/mol. The number of amides is 2. The van der Waals surface area contributed by atoms with Gasteiger partial charge in [-0.2, -0.15) is 0 Å². The Bertz CT molecular complexity index is 976. The molecule has 0 bridgehead atoms. The lowest BCUT2D eigenvalue weighted by Gasteiger charge is -2.38. The third kappa shape index (κ3) is 3.43. The highest BCUT2D eigenvalue weighted by atomic mass is 16.5. The highest BCUT2D eigenvalue weighted by Crippen LogP contribution is 2.34. The molecule has 2 aromatic rings. The van der Waals surface area contributed by atoms with E-state index < -0.39 is 0 Å². The standard InChI is InChI=1S/C24H27N3O3/c1-17(2)27-23(28)21(18-9-5-4-6-10-18)22(24(27)29)26-15-13-25(14-16-26)19-11-7-8-12-20(19)30-3/h4-12,17H,13-16H2,1-3H3. The fourth-order valence-electron chi connectivity index (χ4n) is 4.22. The minimum atomic E-state index is -0.205. The molecule has 0 N–H and O–H groups in total. The van der Waals surface area contributed by atoms with Crippen LogP contribution in [0.4, 0.5) is 5.69 Å². The van der Waals surface area contributed by atoms with Crippen molar-refractivity contribution >= 4 is 23.1 Å². The molecule has 1 saturated heterocycles. The van der Waals surface area contributed by atoms with Crippen LogP contribution < -0.4 is 9.64 Å². The third-order valence-electron chi connectivity index (χ3n) is 5.69. The molecule has 0 unspecified atom stereocenters. The molecule has 156 valence electrons. The van der Waals surface area contributed by atoms with Crippen LogP contribution in [0.5, 0.6) is 5.75 Å². The van der Waals surface area contributed by atoms with E-state index in [-0.39, 0.29) is 17.9 Å². The molecule has 0 aromatic heterocycles. The molecule has 0 radical (unpaired) electrons. The van der Waals surface area contributed by atoms with Crippen molar-refractivity contribution in [2.45, 2.75) is 19.9 Å². The number of imide groups is 1. The van der Waals surface area contributed by atoms with Gasteiger partial charge in [-0.3, -0.25) is 14.5 Å². The van der Waals surface area contributed by atoms with E-state index in [0.29, 0.717) is 24.4 Å². The van der Waals surface area contributed by atoms with Crippen molar-refractivity contribution in [1.29, 1.82) is 0 Å². The van der Waals surface area contributed by atoms with Crippen LogP contribution in [-0.2, 0) is 9.59 Å². The highest BCUT2D eigenvalue weighted by molar-refractivity contribution is 6.35. The van der Waals surface area contributed by atoms with Gasteiger partial charge in [-0.05, 0) is 31.5 Å². The minimum absolute atomic E-state index is 0.184. The molecule has 0 saturated carbocycles. The molecule has 6 nitrogen and oxygen atoms in total. The van der Waals surface area contributed by atoms with Crippen LogP contribution in [0.3, 0.4) is 0 Å². The fraction of sp³-hybridized carbons (Fsp3) is 0.333. The molecule has 1 fully saturated rings. The smallest absolute Gasteiger partial charge is 0.278 e. The first kappa shape index (κ1) is 20.0. The maximum atomic E-state index is 13.3. The average molecular weight is 405 g/mol. The number of hydrogen-bond acceptors (Lipinski definition) is 5. The monoisotopic (exact) mass is 405 g/mol. The van der Waals surface area contributed by atoms with Crippen LogP contribution in [-0.4, -0.2) is 60.9 Å². The Balaban J connectivity index is 1.64. The van der Waals surface area contributed by atoms with Gasteiger partial charge < -0.3 is 14.5 Å². The van der Waals surface area contributed by atoms with E-state index in [9.17, 15) is 9.59 Å². The second-order valence-corrected chi connectivity index (χ2v) is 7.81. The lowest BCUT2D eigenvalue weighted by Crippen LogP contribution is -2.48. The van der Waals surface area contributed by atoms with Crippen molar-refractivity contribution in [2.75, 3.05) is 38.2 Å². The zero-order valence-corrected chi connectivity index (χ0v) is 17.7. The molecule has 30 heavy (non-hydrogen) atoms. The van der Waals surface area contributed by atoms with E-state index in [1.165, 1.54) is 4.90 Å². The Kier molecular flexibility index (Phi) is 5.48. The van der Waals surface area contributed by atoms with Gasteiger partial charge >= 0.3 is 0 Å². The van der Waals surface area contributed by atoms with Gasteiger partial charge in [0.25, 0.3) is 11.8 Å². The Labute approximate surface area is 177 Å². The van der Waals surface area contributed by atoms with Crippen LogP contribution in [0.2, 0.25) is 0 Å². The fourth-order valence-corrected chi connectivity index (χ4v) is 4.22. The first-order valence-electron chi connectivity index (χ1n) is 10.3. The number of piperazine rings is 1. The molecule has 2 aliphatic rings. The van der Waals surface area contributed by atoms with Gasteiger partial charge in [0.2, 0.25) is 0 Å². The molecule has 2 aliphatic heterocycles. The number of rotatable bonds is 5. The first-order chi connectivity index (χ1) is 14.5. The van der Waals surface area contributed by atoms with E-state index in [1.54, 1.807) is 7.11 Å². The zero-order chi connectivity index (χ0) is 21.3. The van der Waals surface area contributed by atoms with Gasteiger partial charge in [-0.25, -0.2) is 0 Å². The summed E-state index contributed by atoms with van der Waals surface area (Å²) in [5.41, 5.74) is 2.88. The lowest BCUT2D eigenvalue weighted by molar-refractivity contribution is -0.139. The predicted octanol–water partition coefficient (Wildman–Crippen LogP) is 3.01. The van der Waals surface area contributed by atoms with Crippen molar-refractivity contribution in [3.63, 3.8) is 0 Å². The summed E-state index contributed by atoms with van der Waals surface area (Å²) in [6.45, 7) is 6.56. The van der Waals surface area contributed by atoms with Gasteiger partial charge in [-0.15, -0.1) is 0 Å². The van der Waals surface area contributed by atoms with E-state index in [2.05, 4.69) is 9.80 Å². The van der Waals surface area contributed by atoms with Crippen molar-refractivity contribution < 1.29 is 14.3 Å². The molecular formula is C24H27N3O3. The molecule has 0 atom stereocenters. The zero-order valence-electron chi connectivity index (χ0n) is 17.7. The van der Waals surface area contributed by atoms with Gasteiger partial charge in [0.05, 0.1) is 18.4 Å². The van der Waals surface area contributed by atoms with Crippen molar-refractivity contribution in [3.05, 3.63) is 65.9 Å². The second-order valence-electron chi connectivity index (χ2n) is 7.81. The summed E-state index contributed by atoms with van der Waals surface area (Å²) in [7, 11) is 1.68. The number of hydrogen-bond donors (Lipinski definition) is 0. The van der Waals surface area contributed by atoms with Crippen LogP contribution in [0.15, 0.2) is 60.3 Å². The molecule has 0 spiro atoms. The summed E-state index contributed by atoms with van der Waals surface area (Å²) < 4.78 is 5.50. The summed E-state index contributed by atoms with van der Waals surface area (Å²) in [6, 6.07) is 17.3. The van der Waals surface area contributed by atoms with Gasteiger partial charge in [0.15, 0.2) is 0 Å². The number of benzene rings is 2. The van der Waals surface area contributed by atoms with Gasteiger partial charge in [-0.1, -0.05) is 42.5 Å². The summed E-state index contributed by atoms with van der Waals surface area (Å²) in [4.78, 5) is 32.1. The number of para-hydroxylation sites is 2. The molecule has 6 heteroatoms. The van der Waals surface area contributed by atoms with E-state index >= 15 is 0 Å². The summed E-state index contributed by atoms with van der Waals surface area (Å²) in [6.07, 6.45) is 0. The van der Waals surface area contributed by atoms with Crippen molar-refractivity contribution in [1.82, 2.24) is 9.80 Å². The number of ether oxygens (including phenoxy) is 1. The summed E-state index contributed by atoms with van der Waals surface area (Å²) >= 11 is 0. The van der Waals surface area contributed by atoms with E-state index in [1.807, 2.05) is 68.4 Å². The van der Waals surface area contributed by atoms with E-state index in [0.717, 1.165) is 30.1 Å². The topological polar surface area (TPSA) is 53.1 Å². The van der Waals surface area contributed by atoms with Gasteiger partial charge in [0, 0.05) is 32.2 Å². The SMILES string of the molecule is COc1ccccc1N1CCN(C2=C(c3ccccc3)C(=O)N(C(C)C)C2=O)CC1. The molecular weight excluding hydrogens is 378 g/mol. The molecule has 4 rings (SSSR count). The molecule has 2 heterocycles. The van der Waals surface area contributed by atoms with Crippen LogP contribution in [0, 0.1) is 0 Å². The number of anilines is 1. The normalized spacial score (nSPS) is 17.4. The highest BCUT2D eigenvalue weighted by Gasteiger charge is 2.43. The Morgan fingerprint density at radius 2 is 1.40 bits per heavy atom. The third-order valence-corrected chi connectivity index (χ3v) is 5.69. The minimum Gasteiger partial charge on any atom is -0.495 e. The molecule has 0 aliphatic carbocycles. The maximum absolute atomic E-state index is 13.3. The quantitative estimate of drug-likeness (QED) is 0.716. The molecule has 2 amide bonds. The Morgan fingerprint density at radius 3 is 2.03 bits per heavy atom. The number of carbonyl (C=O) groups is 2. The largest absolute Gasteiger partial charge is 0.495 e. The van der Waals surface area contributed by atoms with E-state index in [4.69, 9.17) is 4.74 Å². The summed E-state index contributed by atoms with van der Waals surface area (Å²) in [5.74, 6) is 0.441. The first-order valence-corrected chi connectivity index (χ1v) is 10.3. The molecule has 2 aromatic carbocycles. The van der Waals surface area contributed by atoms with Crippen LogP contribution >= 0.6 is 0 Å². The Hall–Kier alpha value is -3.28. The number of nitrogens with zero attached hydrogens (tertiary/aromatic N) is 3. The van der Waals surface area contributed by atoms with Gasteiger partial charge in [0.1, 0.15) is 11.4 Å². The van der Waals surface area contributed by atoms with Crippen LogP contribution in [0.1, 0.15) is 19.4 Å². The average Bonchev–Trinajstić information content (AvgIpc) is 3.04. The summed E-state index contributed by atoms with van der Waals surface area (Å²) in [5, 5.41) is 0. The number of methoxy groups -OCH3 is 1.